The Balaban J connectivity index is 2.12. The summed E-state index contributed by atoms with van der Waals surface area (Å²) in [7, 11) is 0. The van der Waals surface area contributed by atoms with Gasteiger partial charge in [0.15, 0.2) is 0 Å². The number of halogens is 1. The van der Waals surface area contributed by atoms with E-state index in [1.807, 2.05) is 0 Å². The van der Waals surface area contributed by atoms with Crippen molar-refractivity contribution < 1.29 is 4.74 Å². The Kier molecular flexibility index (Phi) is 4.80. The van der Waals surface area contributed by atoms with Gasteiger partial charge in [-0.1, -0.05) is 43.6 Å². The van der Waals surface area contributed by atoms with E-state index in [1.165, 1.54) is 12.0 Å². The van der Waals surface area contributed by atoms with Crippen LogP contribution in [0.4, 0.5) is 0 Å². The number of hydrogen-bond acceptors (Lipinski definition) is 2. The molecule has 0 saturated heterocycles. The molecule has 0 aromatic heterocycles. The van der Waals surface area contributed by atoms with E-state index in [1.54, 1.807) is 0 Å². The van der Waals surface area contributed by atoms with Crippen molar-refractivity contribution in [3.05, 3.63) is 27.7 Å². The van der Waals surface area contributed by atoms with E-state index in [-0.39, 0.29) is 6.04 Å². The fourth-order valence-electron chi connectivity index (χ4n) is 3.26. The van der Waals surface area contributed by atoms with Gasteiger partial charge in [0, 0.05) is 22.5 Å². The first-order valence-electron chi connectivity index (χ1n) is 7.47. The Morgan fingerprint density at radius 1 is 1.35 bits per heavy atom. The van der Waals surface area contributed by atoms with Crippen molar-refractivity contribution >= 4 is 15.9 Å². The van der Waals surface area contributed by atoms with Gasteiger partial charge < -0.3 is 10.5 Å². The summed E-state index contributed by atoms with van der Waals surface area (Å²) in [5.74, 6) is 1.64. The van der Waals surface area contributed by atoms with Crippen LogP contribution in [-0.4, -0.2) is 6.61 Å². The van der Waals surface area contributed by atoms with Gasteiger partial charge in [-0.05, 0) is 41.9 Å². The van der Waals surface area contributed by atoms with Crippen molar-refractivity contribution in [3.8, 4) is 5.75 Å². The maximum Gasteiger partial charge on any atom is 0.127 e. The fraction of sp³-hybridized carbons (Fsp3) is 0.647. The highest BCUT2D eigenvalue weighted by Gasteiger charge is 2.24. The molecule has 1 aromatic carbocycles. The molecule has 0 spiro atoms. The van der Waals surface area contributed by atoms with Crippen LogP contribution in [0.3, 0.4) is 0 Å². The minimum Gasteiger partial charge on any atom is -0.493 e. The highest BCUT2D eigenvalue weighted by atomic mass is 79.9. The molecule has 2 atom stereocenters. The van der Waals surface area contributed by atoms with Gasteiger partial charge in [-0.25, -0.2) is 0 Å². The summed E-state index contributed by atoms with van der Waals surface area (Å²) < 4.78 is 6.89. The zero-order chi connectivity index (χ0) is 14.9. The maximum atomic E-state index is 6.46. The van der Waals surface area contributed by atoms with Crippen LogP contribution in [0, 0.1) is 11.3 Å². The van der Waals surface area contributed by atoms with Crippen LogP contribution in [-0.2, 0) is 6.42 Å². The quantitative estimate of drug-likeness (QED) is 0.851. The molecule has 0 aliphatic carbocycles. The molecule has 112 valence electrons. The predicted molar refractivity (Wildman–Crippen MR) is 88.1 cm³/mol. The van der Waals surface area contributed by atoms with Crippen molar-refractivity contribution in [2.45, 2.75) is 53.0 Å². The zero-order valence-corrected chi connectivity index (χ0v) is 14.6. The third kappa shape index (κ3) is 3.98. The van der Waals surface area contributed by atoms with Crippen molar-refractivity contribution in [1.29, 1.82) is 0 Å². The second-order valence-corrected chi connectivity index (χ2v) is 8.21. The smallest absolute Gasteiger partial charge is 0.127 e. The molecule has 0 saturated carbocycles. The van der Waals surface area contributed by atoms with Crippen molar-refractivity contribution in [3.63, 3.8) is 0 Å². The second-order valence-electron chi connectivity index (χ2n) is 7.29. The van der Waals surface area contributed by atoms with Crippen LogP contribution in [0.15, 0.2) is 16.6 Å². The number of fused-ring (bicyclic) bond motifs is 1. The summed E-state index contributed by atoms with van der Waals surface area (Å²) in [5.41, 5.74) is 9.26. The highest BCUT2D eigenvalue weighted by molar-refractivity contribution is 9.10. The summed E-state index contributed by atoms with van der Waals surface area (Å²) in [6.07, 6.45) is 3.19. The van der Waals surface area contributed by atoms with E-state index in [0.29, 0.717) is 11.3 Å². The molecule has 1 aliphatic rings. The van der Waals surface area contributed by atoms with E-state index < -0.39 is 0 Å². The normalized spacial score (nSPS) is 17.5. The molecule has 1 aliphatic heterocycles. The van der Waals surface area contributed by atoms with Crippen molar-refractivity contribution in [1.82, 2.24) is 0 Å². The first kappa shape index (κ1) is 15.8. The zero-order valence-electron chi connectivity index (χ0n) is 13.0. The van der Waals surface area contributed by atoms with Gasteiger partial charge in [0.05, 0.1) is 6.61 Å². The third-order valence-electron chi connectivity index (χ3n) is 3.79. The Morgan fingerprint density at radius 3 is 2.70 bits per heavy atom. The SMILES string of the molecule is CC(CC(N)c1cc(Br)cc2c1OCC2)CC(C)(C)C. The number of benzene rings is 1. The molecule has 2 rings (SSSR count). The van der Waals surface area contributed by atoms with Crippen LogP contribution >= 0.6 is 15.9 Å². The lowest BCUT2D eigenvalue weighted by Crippen LogP contribution is -2.18. The molecule has 2 unspecified atom stereocenters. The lowest BCUT2D eigenvalue weighted by molar-refractivity contribution is 0.284. The number of nitrogens with two attached hydrogens (primary N) is 1. The Morgan fingerprint density at radius 2 is 2.05 bits per heavy atom. The molecule has 0 amide bonds. The molecule has 3 heteroatoms. The molecule has 2 nitrogen and oxygen atoms in total. The molecule has 0 bridgehead atoms. The Labute approximate surface area is 131 Å². The Hall–Kier alpha value is -0.540. The van der Waals surface area contributed by atoms with Crippen LogP contribution < -0.4 is 10.5 Å². The molecule has 2 N–H and O–H groups in total. The second kappa shape index (κ2) is 6.07. The standard InChI is InChI=1S/C17H26BrNO/c1-11(10-17(2,3)4)7-15(19)14-9-13(18)8-12-5-6-20-16(12)14/h8-9,11,15H,5-7,10,19H2,1-4H3. The summed E-state index contributed by atoms with van der Waals surface area (Å²) in [6.45, 7) is 9.94. The first-order valence-corrected chi connectivity index (χ1v) is 8.26. The summed E-state index contributed by atoms with van der Waals surface area (Å²) in [5, 5.41) is 0. The van der Waals surface area contributed by atoms with Gasteiger partial charge in [-0.3, -0.25) is 0 Å². The molecule has 0 radical (unpaired) electrons. The number of ether oxygens (including phenoxy) is 1. The average Bonchev–Trinajstić information content (AvgIpc) is 2.72. The van der Waals surface area contributed by atoms with Gasteiger partial charge in [0.1, 0.15) is 5.75 Å². The van der Waals surface area contributed by atoms with Crippen LogP contribution in [0.2, 0.25) is 0 Å². The highest BCUT2D eigenvalue weighted by Crippen LogP contribution is 2.38. The largest absolute Gasteiger partial charge is 0.493 e. The summed E-state index contributed by atoms with van der Waals surface area (Å²) >= 11 is 3.59. The average molecular weight is 340 g/mol. The monoisotopic (exact) mass is 339 g/mol. The molecule has 1 aromatic rings. The van der Waals surface area contributed by atoms with Crippen LogP contribution in [0.1, 0.15) is 57.7 Å². The van der Waals surface area contributed by atoms with E-state index in [0.717, 1.165) is 35.2 Å². The summed E-state index contributed by atoms with van der Waals surface area (Å²) in [6, 6.07) is 4.33. The first-order chi connectivity index (χ1) is 9.26. The molecule has 20 heavy (non-hydrogen) atoms. The van der Waals surface area contributed by atoms with Gasteiger partial charge in [-0.2, -0.15) is 0 Å². The lowest BCUT2D eigenvalue weighted by atomic mass is 9.82. The molecular formula is C17H26BrNO. The summed E-state index contributed by atoms with van der Waals surface area (Å²) in [4.78, 5) is 0. The third-order valence-corrected chi connectivity index (χ3v) is 4.25. The van der Waals surface area contributed by atoms with Gasteiger partial charge >= 0.3 is 0 Å². The minimum absolute atomic E-state index is 0.0525. The number of rotatable bonds is 4. The van der Waals surface area contributed by atoms with Gasteiger partial charge in [-0.15, -0.1) is 0 Å². The van der Waals surface area contributed by atoms with E-state index in [4.69, 9.17) is 10.5 Å². The van der Waals surface area contributed by atoms with E-state index in [9.17, 15) is 0 Å². The van der Waals surface area contributed by atoms with E-state index >= 15 is 0 Å². The van der Waals surface area contributed by atoms with Crippen LogP contribution in [0.25, 0.3) is 0 Å². The number of hydrogen-bond donors (Lipinski definition) is 1. The van der Waals surface area contributed by atoms with Crippen molar-refractivity contribution in [2.24, 2.45) is 17.1 Å². The molecular weight excluding hydrogens is 314 g/mol. The molecule has 0 fully saturated rings. The van der Waals surface area contributed by atoms with E-state index in [2.05, 4.69) is 55.8 Å². The topological polar surface area (TPSA) is 35.2 Å². The minimum atomic E-state index is 0.0525. The predicted octanol–water partition coefficient (Wildman–Crippen LogP) is 4.85. The van der Waals surface area contributed by atoms with Gasteiger partial charge in [0.25, 0.3) is 0 Å². The maximum absolute atomic E-state index is 6.46. The fourth-order valence-corrected chi connectivity index (χ4v) is 3.79. The Bertz CT molecular complexity index is 479. The van der Waals surface area contributed by atoms with Gasteiger partial charge in [0.2, 0.25) is 0 Å². The van der Waals surface area contributed by atoms with Crippen molar-refractivity contribution in [2.75, 3.05) is 6.61 Å². The molecule has 1 heterocycles. The lowest BCUT2D eigenvalue weighted by Gasteiger charge is -2.26. The van der Waals surface area contributed by atoms with Crippen LogP contribution in [0.5, 0.6) is 5.75 Å².